The molecule has 0 saturated heterocycles. The van der Waals surface area contributed by atoms with Gasteiger partial charge in [0.05, 0.1) is 5.60 Å². The minimum atomic E-state index is -0.0602. The molecule has 0 spiro atoms. The van der Waals surface area contributed by atoms with Crippen molar-refractivity contribution in [1.29, 1.82) is 0 Å². The molecule has 0 amide bonds. The molecule has 1 heterocycles. The van der Waals surface area contributed by atoms with E-state index in [1.165, 1.54) is 0 Å². The normalized spacial score (nSPS) is 30.8. The van der Waals surface area contributed by atoms with Crippen LogP contribution in [0, 0.1) is 12.3 Å². The molecule has 1 saturated carbocycles. The fourth-order valence-electron chi connectivity index (χ4n) is 2.35. The van der Waals surface area contributed by atoms with Crippen LogP contribution in [0.2, 0.25) is 0 Å². The van der Waals surface area contributed by atoms with Crippen molar-refractivity contribution in [3.8, 4) is 0 Å². The Bertz CT molecular complexity index is 402. The number of hydrogen-bond acceptors (Lipinski definition) is 4. The number of ether oxygens (including phenoxy) is 1. The van der Waals surface area contributed by atoms with Crippen LogP contribution < -0.4 is 5.32 Å². The van der Waals surface area contributed by atoms with Crippen molar-refractivity contribution in [3.63, 3.8) is 0 Å². The molecule has 2 rings (SSSR count). The molecule has 4 heteroatoms. The van der Waals surface area contributed by atoms with Crippen LogP contribution in [0.3, 0.4) is 0 Å². The number of nitrogens with zero attached hydrogens (tertiary/aromatic N) is 2. The molecule has 0 radical (unpaired) electrons. The lowest BCUT2D eigenvalue weighted by Gasteiger charge is -2.59. The Hall–Kier alpha value is -1.16. The SMILES string of the molecule is COC1(C)CC(Nc2ncc(C)cn2)C1(C)C. The van der Waals surface area contributed by atoms with Gasteiger partial charge in [0.15, 0.2) is 0 Å². The molecule has 4 nitrogen and oxygen atoms in total. The molecule has 94 valence electrons. The highest BCUT2D eigenvalue weighted by Crippen LogP contribution is 2.52. The zero-order chi connectivity index (χ0) is 12.7. The molecular weight excluding hydrogens is 214 g/mol. The highest BCUT2D eigenvalue weighted by atomic mass is 16.5. The van der Waals surface area contributed by atoms with E-state index in [9.17, 15) is 0 Å². The second kappa shape index (κ2) is 3.95. The summed E-state index contributed by atoms with van der Waals surface area (Å²) in [4.78, 5) is 8.55. The van der Waals surface area contributed by atoms with E-state index in [-0.39, 0.29) is 11.0 Å². The summed E-state index contributed by atoms with van der Waals surface area (Å²) in [5.74, 6) is 0.701. The molecule has 0 aromatic carbocycles. The maximum absolute atomic E-state index is 5.60. The Balaban J connectivity index is 2.05. The lowest BCUT2D eigenvalue weighted by molar-refractivity contribution is -0.166. The molecule has 2 atom stereocenters. The molecule has 0 aliphatic heterocycles. The Morgan fingerprint density at radius 3 is 2.35 bits per heavy atom. The van der Waals surface area contributed by atoms with Gasteiger partial charge < -0.3 is 10.1 Å². The van der Waals surface area contributed by atoms with Gasteiger partial charge >= 0.3 is 0 Å². The Morgan fingerprint density at radius 1 is 1.29 bits per heavy atom. The van der Waals surface area contributed by atoms with Crippen LogP contribution in [0.4, 0.5) is 5.95 Å². The van der Waals surface area contributed by atoms with Crippen molar-refractivity contribution in [1.82, 2.24) is 9.97 Å². The average Bonchev–Trinajstić information content (AvgIpc) is 2.31. The van der Waals surface area contributed by atoms with Gasteiger partial charge in [-0.2, -0.15) is 0 Å². The number of methoxy groups -OCH3 is 1. The van der Waals surface area contributed by atoms with Crippen LogP contribution in [0.25, 0.3) is 0 Å². The summed E-state index contributed by atoms with van der Waals surface area (Å²) < 4.78 is 5.60. The molecule has 1 fully saturated rings. The van der Waals surface area contributed by atoms with Gasteiger partial charge in [-0.1, -0.05) is 13.8 Å². The molecule has 1 aromatic rings. The fourth-order valence-corrected chi connectivity index (χ4v) is 2.35. The van der Waals surface area contributed by atoms with Gasteiger partial charge in [0.2, 0.25) is 5.95 Å². The van der Waals surface area contributed by atoms with Gasteiger partial charge in [-0.3, -0.25) is 0 Å². The summed E-state index contributed by atoms with van der Waals surface area (Å²) in [6.45, 7) is 8.57. The summed E-state index contributed by atoms with van der Waals surface area (Å²) in [6.07, 6.45) is 4.64. The zero-order valence-corrected chi connectivity index (χ0v) is 11.2. The average molecular weight is 235 g/mol. The van der Waals surface area contributed by atoms with Crippen LogP contribution in [0.5, 0.6) is 0 Å². The Labute approximate surface area is 103 Å². The van der Waals surface area contributed by atoms with Crippen molar-refractivity contribution in [3.05, 3.63) is 18.0 Å². The van der Waals surface area contributed by atoms with Crippen LogP contribution >= 0.6 is 0 Å². The fraction of sp³-hybridized carbons (Fsp3) is 0.692. The molecule has 17 heavy (non-hydrogen) atoms. The first kappa shape index (κ1) is 12.3. The van der Waals surface area contributed by atoms with Crippen LogP contribution in [0.15, 0.2) is 12.4 Å². The molecule has 1 aliphatic carbocycles. The number of aromatic nitrogens is 2. The van der Waals surface area contributed by atoms with E-state index in [0.717, 1.165) is 12.0 Å². The predicted octanol–water partition coefficient (Wildman–Crippen LogP) is 2.40. The first-order chi connectivity index (χ1) is 7.89. The van der Waals surface area contributed by atoms with Crippen molar-refractivity contribution < 1.29 is 4.74 Å². The highest BCUT2D eigenvalue weighted by Gasteiger charge is 2.57. The predicted molar refractivity (Wildman–Crippen MR) is 68.0 cm³/mol. The second-order valence-electron chi connectivity index (χ2n) is 5.64. The number of aryl methyl sites for hydroxylation is 1. The first-order valence-corrected chi connectivity index (χ1v) is 5.99. The number of hydrogen-bond donors (Lipinski definition) is 1. The number of anilines is 1. The lowest BCUT2D eigenvalue weighted by atomic mass is 9.56. The molecule has 1 aromatic heterocycles. The molecule has 0 bridgehead atoms. The third-order valence-electron chi connectivity index (χ3n) is 4.36. The van der Waals surface area contributed by atoms with E-state index in [0.29, 0.717) is 12.0 Å². The van der Waals surface area contributed by atoms with Crippen molar-refractivity contribution in [2.75, 3.05) is 12.4 Å². The Morgan fingerprint density at radius 2 is 1.88 bits per heavy atom. The number of nitrogens with one attached hydrogen (secondary N) is 1. The topological polar surface area (TPSA) is 47.0 Å². The third-order valence-corrected chi connectivity index (χ3v) is 4.36. The van der Waals surface area contributed by atoms with Gasteiger partial charge in [-0.05, 0) is 25.8 Å². The molecule has 1 N–H and O–H groups in total. The highest BCUT2D eigenvalue weighted by molar-refractivity contribution is 5.31. The molecular formula is C13H21N3O. The van der Waals surface area contributed by atoms with Gasteiger partial charge in [-0.25, -0.2) is 9.97 Å². The number of rotatable bonds is 3. The third kappa shape index (κ3) is 1.90. The van der Waals surface area contributed by atoms with Crippen molar-refractivity contribution in [2.45, 2.75) is 45.8 Å². The van der Waals surface area contributed by atoms with E-state index in [1.54, 1.807) is 7.11 Å². The summed E-state index contributed by atoms with van der Waals surface area (Å²) in [5.41, 5.74) is 1.09. The summed E-state index contributed by atoms with van der Waals surface area (Å²) in [6, 6.07) is 0.357. The van der Waals surface area contributed by atoms with E-state index in [4.69, 9.17) is 4.74 Å². The van der Waals surface area contributed by atoms with E-state index in [1.807, 2.05) is 19.3 Å². The van der Waals surface area contributed by atoms with Gasteiger partial charge in [0, 0.05) is 31.0 Å². The van der Waals surface area contributed by atoms with Crippen LogP contribution in [-0.2, 0) is 4.74 Å². The summed E-state index contributed by atoms with van der Waals surface area (Å²) in [5, 5.41) is 3.38. The maximum atomic E-state index is 5.60. The van der Waals surface area contributed by atoms with Crippen LogP contribution in [0.1, 0.15) is 32.8 Å². The monoisotopic (exact) mass is 235 g/mol. The van der Waals surface area contributed by atoms with Crippen molar-refractivity contribution in [2.24, 2.45) is 5.41 Å². The van der Waals surface area contributed by atoms with E-state index >= 15 is 0 Å². The molecule has 1 aliphatic rings. The molecule has 2 unspecified atom stereocenters. The lowest BCUT2D eigenvalue weighted by Crippen LogP contribution is -2.65. The second-order valence-corrected chi connectivity index (χ2v) is 5.64. The van der Waals surface area contributed by atoms with Gasteiger partial charge in [-0.15, -0.1) is 0 Å². The standard InChI is InChI=1S/C13H21N3O/c1-9-7-14-11(15-8-9)16-10-6-13(4,17-5)12(10,2)3/h7-8,10H,6H2,1-5H3,(H,14,15,16). The minimum Gasteiger partial charge on any atom is -0.378 e. The summed E-state index contributed by atoms with van der Waals surface area (Å²) in [7, 11) is 1.78. The van der Waals surface area contributed by atoms with Crippen molar-refractivity contribution >= 4 is 5.95 Å². The quantitative estimate of drug-likeness (QED) is 0.874. The summed E-state index contributed by atoms with van der Waals surface area (Å²) >= 11 is 0. The zero-order valence-electron chi connectivity index (χ0n) is 11.2. The van der Waals surface area contributed by atoms with Gasteiger partial charge in [0.25, 0.3) is 0 Å². The largest absolute Gasteiger partial charge is 0.378 e. The minimum absolute atomic E-state index is 0.0602. The first-order valence-electron chi connectivity index (χ1n) is 5.99. The van der Waals surface area contributed by atoms with E-state index < -0.39 is 0 Å². The van der Waals surface area contributed by atoms with Crippen LogP contribution in [-0.4, -0.2) is 28.7 Å². The Kier molecular flexibility index (Phi) is 2.86. The van der Waals surface area contributed by atoms with Gasteiger partial charge in [0.1, 0.15) is 0 Å². The van der Waals surface area contributed by atoms with E-state index in [2.05, 4.69) is 36.1 Å². The maximum Gasteiger partial charge on any atom is 0.222 e. The smallest absolute Gasteiger partial charge is 0.222 e.